The van der Waals surface area contributed by atoms with Gasteiger partial charge in [0.15, 0.2) is 0 Å². The predicted octanol–water partition coefficient (Wildman–Crippen LogP) is 3.44. The van der Waals surface area contributed by atoms with Crippen molar-refractivity contribution in [2.24, 2.45) is 5.16 Å². The van der Waals surface area contributed by atoms with Gasteiger partial charge >= 0.3 is 0 Å². The molecule has 0 saturated carbocycles. The molecule has 8 heteroatoms. The number of amides is 1. The molecule has 0 unspecified atom stereocenters. The molecule has 2 N–H and O–H groups in total. The van der Waals surface area contributed by atoms with Crippen molar-refractivity contribution >= 4 is 43.5 Å². The molecule has 0 fully saturated rings. The number of carbonyl (C=O) groups excluding carboxylic acids is 1. The molecule has 0 radical (unpaired) electrons. The van der Waals surface area contributed by atoms with Crippen molar-refractivity contribution < 1.29 is 14.7 Å². The molecule has 1 aromatic carbocycles. The first-order valence-electron chi connectivity index (χ1n) is 8.12. The van der Waals surface area contributed by atoms with E-state index in [0.717, 1.165) is 40.4 Å². The second-order valence-corrected chi connectivity index (χ2v) is 7.44. The molecular formula is C17H25Br2N3O3. The van der Waals surface area contributed by atoms with Gasteiger partial charge < -0.3 is 20.2 Å². The van der Waals surface area contributed by atoms with Gasteiger partial charge in [0.1, 0.15) is 11.5 Å². The standard InChI is InChI=1S/C17H25Br2N3O3/c1-4-7-22(2)8-5-6-20-17(23)15(21-24)11-12-9-13(18)16(25-3)14(19)10-12/h9-10,24H,4-8,11H2,1-3H3,(H,20,23)/b21-15+. The summed E-state index contributed by atoms with van der Waals surface area (Å²) in [5, 5.41) is 15.1. The van der Waals surface area contributed by atoms with E-state index >= 15 is 0 Å². The summed E-state index contributed by atoms with van der Waals surface area (Å²) in [6.45, 7) is 4.64. The molecule has 0 aliphatic carbocycles. The molecule has 1 rings (SSSR count). The van der Waals surface area contributed by atoms with Crippen LogP contribution in [0.2, 0.25) is 0 Å². The van der Waals surface area contributed by atoms with E-state index in [0.29, 0.717) is 12.3 Å². The maximum atomic E-state index is 12.2. The Bertz CT molecular complexity index is 586. The van der Waals surface area contributed by atoms with Gasteiger partial charge in [-0.3, -0.25) is 4.79 Å². The van der Waals surface area contributed by atoms with Gasteiger partial charge in [-0.1, -0.05) is 12.1 Å². The number of nitrogens with one attached hydrogen (secondary N) is 1. The summed E-state index contributed by atoms with van der Waals surface area (Å²) in [5.74, 6) is 0.315. The average molecular weight is 479 g/mol. The minimum Gasteiger partial charge on any atom is -0.494 e. The molecule has 25 heavy (non-hydrogen) atoms. The molecule has 0 aliphatic rings. The summed E-state index contributed by atoms with van der Waals surface area (Å²) in [4.78, 5) is 14.4. The molecule has 0 aromatic heterocycles. The number of hydrogen-bond donors (Lipinski definition) is 2. The van der Waals surface area contributed by atoms with E-state index in [4.69, 9.17) is 4.74 Å². The van der Waals surface area contributed by atoms with Crippen LogP contribution in [0.3, 0.4) is 0 Å². The summed E-state index contributed by atoms with van der Waals surface area (Å²) in [6, 6.07) is 3.67. The van der Waals surface area contributed by atoms with Gasteiger partial charge in [-0.05, 0) is 82.5 Å². The van der Waals surface area contributed by atoms with Crippen LogP contribution in [-0.2, 0) is 11.2 Å². The number of methoxy groups -OCH3 is 1. The Balaban J connectivity index is 2.58. The molecule has 0 spiro atoms. The molecule has 0 bridgehead atoms. The lowest BCUT2D eigenvalue weighted by Gasteiger charge is -2.15. The van der Waals surface area contributed by atoms with Crippen LogP contribution in [-0.4, -0.2) is 55.5 Å². The van der Waals surface area contributed by atoms with Crippen molar-refractivity contribution in [3.63, 3.8) is 0 Å². The lowest BCUT2D eigenvalue weighted by atomic mass is 10.1. The maximum Gasteiger partial charge on any atom is 0.269 e. The van der Waals surface area contributed by atoms with Gasteiger partial charge in [0.2, 0.25) is 0 Å². The molecule has 140 valence electrons. The molecule has 6 nitrogen and oxygen atoms in total. The predicted molar refractivity (Wildman–Crippen MR) is 107 cm³/mol. The van der Waals surface area contributed by atoms with E-state index in [9.17, 15) is 10.0 Å². The summed E-state index contributed by atoms with van der Waals surface area (Å²) in [7, 11) is 3.64. The Morgan fingerprint density at radius 1 is 1.32 bits per heavy atom. The molecular weight excluding hydrogens is 454 g/mol. The Labute approximate surface area is 165 Å². The number of halogens is 2. The van der Waals surface area contributed by atoms with Crippen LogP contribution in [0.4, 0.5) is 0 Å². The van der Waals surface area contributed by atoms with Crippen molar-refractivity contribution in [2.75, 3.05) is 33.8 Å². The van der Waals surface area contributed by atoms with Gasteiger partial charge in [0.05, 0.1) is 16.1 Å². The number of benzene rings is 1. The van der Waals surface area contributed by atoms with Gasteiger partial charge in [0.25, 0.3) is 5.91 Å². The molecule has 0 heterocycles. The van der Waals surface area contributed by atoms with Crippen LogP contribution < -0.4 is 10.1 Å². The van der Waals surface area contributed by atoms with Crippen molar-refractivity contribution in [2.45, 2.75) is 26.2 Å². The fraction of sp³-hybridized carbons (Fsp3) is 0.529. The lowest BCUT2D eigenvalue weighted by Crippen LogP contribution is -2.34. The van der Waals surface area contributed by atoms with Crippen LogP contribution in [0.5, 0.6) is 5.75 Å². The van der Waals surface area contributed by atoms with Gasteiger partial charge in [-0.25, -0.2) is 0 Å². The van der Waals surface area contributed by atoms with Crippen molar-refractivity contribution in [1.82, 2.24) is 10.2 Å². The molecule has 1 amide bonds. The number of oxime groups is 1. The normalized spacial score (nSPS) is 11.7. The number of hydrogen-bond acceptors (Lipinski definition) is 5. The van der Waals surface area contributed by atoms with Crippen LogP contribution >= 0.6 is 31.9 Å². The minimum absolute atomic E-state index is 0.0749. The largest absolute Gasteiger partial charge is 0.494 e. The Hall–Kier alpha value is -1.12. The van der Waals surface area contributed by atoms with Gasteiger partial charge in [-0.15, -0.1) is 0 Å². The van der Waals surface area contributed by atoms with Gasteiger partial charge in [0, 0.05) is 13.0 Å². The Morgan fingerprint density at radius 3 is 2.48 bits per heavy atom. The number of carbonyl (C=O) groups is 1. The number of rotatable bonds is 10. The van der Waals surface area contributed by atoms with E-state index in [-0.39, 0.29) is 18.0 Å². The highest BCUT2D eigenvalue weighted by molar-refractivity contribution is 9.11. The monoisotopic (exact) mass is 477 g/mol. The average Bonchev–Trinajstić information content (AvgIpc) is 2.56. The first-order chi connectivity index (χ1) is 11.9. The lowest BCUT2D eigenvalue weighted by molar-refractivity contribution is -0.115. The summed E-state index contributed by atoms with van der Waals surface area (Å²) < 4.78 is 6.78. The van der Waals surface area contributed by atoms with E-state index in [2.05, 4.69) is 61.2 Å². The Kier molecular flexibility index (Phi) is 10.1. The molecule has 0 atom stereocenters. The zero-order valence-corrected chi connectivity index (χ0v) is 18.0. The molecule has 0 aliphatic heterocycles. The van der Waals surface area contributed by atoms with Crippen LogP contribution in [0.25, 0.3) is 0 Å². The van der Waals surface area contributed by atoms with E-state index < -0.39 is 0 Å². The second kappa shape index (κ2) is 11.5. The summed E-state index contributed by atoms with van der Waals surface area (Å²) in [5.41, 5.74) is 0.899. The second-order valence-electron chi connectivity index (χ2n) is 5.73. The topological polar surface area (TPSA) is 74.2 Å². The maximum absolute atomic E-state index is 12.2. The summed E-state index contributed by atoms with van der Waals surface area (Å²) in [6.07, 6.45) is 2.18. The first-order valence-corrected chi connectivity index (χ1v) is 9.71. The fourth-order valence-corrected chi connectivity index (χ4v) is 4.02. The van der Waals surface area contributed by atoms with Crippen molar-refractivity contribution in [3.8, 4) is 5.75 Å². The van der Waals surface area contributed by atoms with Crippen LogP contribution in [0.1, 0.15) is 25.3 Å². The first kappa shape index (κ1) is 21.9. The third kappa shape index (κ3) is 7.33. The summed E-state index contributed by atoms with van der Waals surface area (Å²) >= 11 is 6.84. The van der Waals surface area contributed by atoms with E-state index in [1.807, 2.05) is 12.1 Å². The quantitative estimate of drug-likeness (QED) is 0.234. The van der Waals surface area contributed by atoms with Crippen molar-refractivity contribution in [3.05, 3.63) is 26.6 Å². The van der Waals surface area contributed by atoms with Gasteiger partial charge in [-0.2, -0.15) is 0 Å². The number of ether oxygens (including phenoxy) is 1. The van der Waals surface area contributed by atoms with Crippen LogP contribution in [0, 0.1) is 0 Å². The highest BCUT2D eigenvalue weighted by atomic mass is 79.9. The minimum atomic E-state index is -0.358. The highest BCUT2D eigenvalue weighted by Crippen LogP contribution is 2.34. The SMILES string of the molecule is CCCN(C)CCCNC(=O)/C(Cc1cc(Br)c(OC)c(Br)c1)=N/O. The smallest absolute Gasteiger partial charge is 0.269 e. The Morgan fingerprint density at radius 2 is 1.96 bits per heavy atom. The number of nitrogens with zero attached hydrogens (tertiary/aromatic N) is 2. The van der Waals surface area contributed by atoms with E-state index in [1.54, 1.807) is 7.11 Å². The molecule has 0 saturated heterocycles. The highest BCUT2D eigenvalue weighted by Gasteiger charge is 2.15. The fourth-order valence-electron chi connectivity index (χ4n) is 2.41. The zero-order chi connectivity index (χ0) is 18.8. The van der Waals surface area contributed by atoms with E-state index in [1.165, 1.54) is 0 Å². The zero-order valence-electron chi connectivity index (χ0n) is 14.8. The van der Waals surface area contributed by atoms with Crippen molar-refractivity contribution in [1.29, 1.82) is 0 Å². The van der Waals surface area contributed by atoms with Crippen LogP contribution in [0.15, 0.2) is 26.2 Å². The molecule has 1 aromatic rings. The third-order valence-electron chi connectivity index (χ3n) is 3.62. The third-order valence-corrected chi connectivity index (χ3v) is 4.80.